The summed E-state index contributed by atoms with van der Waals surface area (Å²) in [6.07, 6.45) is 1.67. The molecule has 16 heavy (non-hydrogen) atoms. The summed E-state index contributed by atoms with van der Waals surface area (Å²) in [6.45, 7) is 3.82. The number of nitrogens with one attached hydrogen (secondary N) is 1. The van der Waals surface area contributed by atoms with E-state index in [-0.39, 0.29) is 24.5 Å². The Labute approximate surface area is 100 Å². The summed E-state index contributed by atoms with van der Waals surface area (Å²) in [7, 11) is 1.75. The van der Waals surface area contributed by atoms with Gasteiger partial charge in [0.2, 0.25) is 0 Å². The molecule has 0 unspecified atom stereocenters. The number of amides is 1. The zero-order valence-corrected chi connectivity index (χ0v) is 10.5. The van der Waals surface area contributed by atoms with Crippen LogP contribution in [0.3, 0.4) is 0 Å². The van der Waals surface area contributed by atoms with E-state index in [2.05, 4.69) is 5.32 Å². The van der Waals surface area contributed by atoms with Gasteiger partial charge in [0.05, 0.1) is 17.7 Å². The first-order chi connectivity index (χ1) is 7.45. The highest BCUT2D eigenvalue weighted by atomic mass is 35.5. The van der Waals surface area contributed by atoms with E-state index in [1.54, 1.807) is 23.9 Å². The van der Waals surface area contributed by atoms with Gasteiger partial charge in [-0.05, 0) is 12.0 Å². The van der Waals surface area contributed by atoms with E-state index >= 15 is 0 Å². The molecule has 4 nitrogen and oxygen atoms in total. The van der Waals surface area contributed by atoms with Crippen molar-refractivity contribution in [1.29, 1.82) is 0 Å². The highest BCUT2D eigenvalue weighted by Gasteiger charge is 2.18. The fourth-order valence-corrected chi connectivity index (χ4v) is 1.67. The predicted molar refractivity (Wildman–Crippen MR) is 63.6 cm³/mol. The second-order valence-corrected chi connectivity index (χ2v) is 4.60. The molecule has 1 heterocycles. The van der Waals surface area contributed by atoms with E-state index in [1.165, 1.54) is 0 Å². The molecule has 1 aromatic heterocycles. The first kappa shape index (κ1) is 13.1. The topological polar surface area (TPSA) is 54.3 Å². The summed E-state index contributed by atoms with van der Waals surface area (Å²) in [5.41, 5.74) is 0.490. The standard InChI is InChI=1S/C11H17ClN2O2/c1-7(2)9(6-15)13-11(16)10-4-8(12)5-14(10)3/h4-5,7,9,15H,6H2,1-3H3,(H,13,16)/t9-/m1/s1. The number of aryl methyl sites for hydroxylation is 1. The number of halogens is 1. The van der Waals surface area contributed by atoms with Gasteiger partial charge in [-0.2, -0.15) is 0 Å². The van der Waals surface area contributed by atoms with Crippen molar-refractivity contribution in [2.45, 2.75) is 19.9 Å². The predicted octanol–water partition coefficient (Wildman–Crippen LogP) is 1.43. The van der Waals surface area contributed by atoms with Crippen LogP contribution in [0.2, 0.25) is 5.02 Å². The van der Waals surface area contributed by atoms with E-state index in [0.29, 0.717) is 10.7 Å². The molecule has 0 saturated heterocycles. The molecule has 1 aromatic rings. The Bertz CT molecular complexity index is 374. The van der Waals surface area contributed by atoms with Crippen LogP contribution < -0.4 is 5.32 Å². The van der Waals surface area contributed by atoms with Crippen molar-refractivity contribution in [3.05, 3.63) is 23.0 Å². The summed E-state index contributed by atoms with van der Waals surface area (Å²) < 4.78 is 1.66. The van der Waals surface area contributed by atoms with Gasteiger partial charge < -0.3 is 15.0 Å². The molecular formula is C11H17ClN2O2. The number of nitrogens with zero attached hydrogens (tertiary/aromatic N) is 1. The van der Waals surface area contributed by atoms with Crippen LogP contribution in [0.25, 0.3) is 0 Å². The number of hydrogen-bond donors (Lipinski definition) is 2. The molecule has 0 aromatic carbocycles. The number of aliphatic hydroxyl groups is 1. The summed E-state index contributed by atoms with van der Waals surface area (Å²) in [6, 6.07) is 1.37. The van der Waals surface area contributed by atoms with Crippen molar-refractivity contribution in [3.63, 3.8) is 0 Å². The average Bonchev–Trinajstić information content (AvgIpc) is 2.53. The van der Waals surface area contributed by atoms with Crippen LogP contribution in [0.15, 0.2) is 12.3 Å². The van der Waals surface area contributed by atoms with E-state index in [9.17, 15) is 4.79 Å². The molecule has 0 saturated carbocycles. The lowest BCUT2D eigenvalue weighted by Gasteiger charge is -2.19. The maximum absolute atomic E-state index is 11.9. The number of aromatic nitrogens is 1. The van der Waals surface area contributed by atoms with E-state index in [1.807, 2.05) is 13.8 Å². The summed E-state index contributed by atoms with van der Waals surface area (Å²) in [5, 5.41) is 12.4. The molecule has 0 aliphatic heterocycles. The second kappa shape index (κ2) is 5.37. The van der Waals surface area contributed by atoms with Crippen molar-refractivity contribution in [3.8, 4) is 0 Å². The van der Waals surface area contributed by atoms with Crippen LogP contribution in [0.1, 0.15) is 24.3 Å². The Morgan fingerprint density at radius 3 is 2.62 bits per heavy atom. The van der Waals surface area contributed by atoms with E-state index in [4.69, 9.17) is 16.7 Å². The molecule has 0 bridgehead atoms. The summed E-state index contributed by atoms with van der Waals surface area (Å²) in [4.78, 5) is 11.9. The minimum Gasteiger partial charge on any atom is -0.394 e. The molecule has 0 fully saturated rings. The Morgan fingerprint density at radius 2 is 2.25 bits per heavy atom. The van der Waals surface area contributed by atoms with E-state index in [0.717, 1.165) is 0 Å². The van der Waals surface area contributed by atoms with Gasteiger partial charge in [0, 0.05) is 13.2 Å². The Morgan fingerprint density at radius 1 is 1.62 bits per heavy atom. The van der Waals surface area contributed by atoms with Crippen molar-refractivity contribution >= 4 is 17.5 Å². The normalized spacial score (nSPS) is 12.9. The molecule has 0 spiro atoms. The number of aliphatic hydroxyl groups excluding tert-OH is 1. The minimum atomic E-state index is -0.235. The van der Waals surface area contributed by atoms with Gasteiger partial charge in [0.15, 0.2) is 0 Å². The van der Waals surface area contributed by atoms with Crippen molar-refractivity contribution in [1.82, 2.24) is 9.88 Å². The lowest BCUT2D eigenvalue weighted by molar-refractivity contribution is 0.0888. The van der Waals surface area contributed by atoms with Crippen LogP contribution in [-0.2, 0) is 7.05 Å². The zero-order chi connectivity index (χ0) is 12.3. The molecular weight excluding hydrogens is 228 g/mol. The molecule has 0 radical (unpaired) electrons. The van der Waals surface area contributed by atoms with Crippen molar-refractivity contribution in [2.75, 3.05) is 6.61 Å². The Hall–Kier alpha value is -1.00. The number of rotatable bonds is 4. The van der Waals surface area contributed by atoms with Gasteiger partial charge >= 0.3 is 0 Å². The first-order valence-corrected chi connectivity index (χ1v) is 5.57. The minimum absolute atomic E-state index is 0.0679. The smallest absolute Gasteiger partial charge is 0.268 e. The highest BCUT2D eigenvalue weighted by Crippen LogP contribution is 2.13. The molecule has 2 N–H and O–H groups in total. The number of hydrogen-bond acceptors (Lipinski definition) is 2. The van der Waals surface area contributed by atoms with Gasteiger partial charge in [-0.15, -0.1) is 0 Å². The zero-order valence-electron chi connectivity index (χ0n) is 9.70. The van der Waals surface area contributed by atoms with Crippen LogP contribution in [0.5, 0.6) is 0 Å². The second-order valence-electron chi connectivity index (χ2n) is 4.16. The maximum Gasteiger partial charge on any atom is 0.268 e. The van der Waals surface area contributed by atoms with Gasteiger partial charge in [-0.1, -0.05) is 25.4 Å². The molecule has 1 rings (SSSR count). The largest absolute Gasteiger partial charge is 0.394 e. The van der Waals surface area contributed by atoms with Gasteiger partial charge in [0.25, 0.3) is 5.91 Å². The molecule has 5 heteroatoms. The van der Waals surface area contributed by atoms with Gasteiger partial charge in [-0.3, -0.25) is 4.79 Å². The molecule has 1 atom stereocenters. The third-order valence-electron chi connectivity index (χ3n) is 2.52. The van der Waals surface area contributed by atoms with Crippen LogP contribution in [-0.4, -0.2) is 28.2 Å². The van der Waals surface area contributed by atoms with Crippen LogP contribution >= 0.6 is 11.6 Å². The fraction of sp³-hybridized carbons (Fsp3) is 0.545. The number of carbonyl (C=O) groups excluding carboxylic acids is 1. The molecule has 0 aliphatic carbocycles. The monoisotopic (exact) mass is 244 g/mol. The fourth-order valence-electron chi connectivity index (χ4n) is 1.42. The number of carbonyl (C=O) groups is 1. The van der Waals surface area contributed by atoms with Crippen molar-refractivity contribution in [2.24, 2.45) is 13.0 Å². The van der Waals surface area contributed by atoms with Gasteiger partial charge in [0.1, 0.15) is 5.69 Å². The quantitative estimate of drug-likeness (QED) is 0.842. The van der Waals surface area contributed by atoms with Crippen molar-refractivity contribution < 1.29 is 9.90 Å². The van der Waals surface area contributed by atoms with E-state index < -0.39 is 0 Å². The lowest BCUT2D eigenvalue weighted by Crippen LogP contribution is -2.41. The summed E-state index contributed by atoms with van der Waals surface area (Å²) in [5.74, 6) is -0.0353. The third kappa shape index (κ3) is 3.00. The Balaban J connectivity index is 2.75. The SMILES string of the molecule is CC(C)[C@@H](CO)NC(=O)c1cc(Cl)cn1C. The highest BCUT2D eigenvalue weighted by molar-refractivity contribution is 6.31. The average molecular weight is 245 g/mol. The van der Waals surface area contributed by atoms with Crippen LogP contribution in [0.4, 0.5) is 0 Å². The third-order valence-corrected chi connectivity index (χ3v) is 2.73. The molecule has 90 valence electrons. The maximum atomic E-state index is 11.9. The summed E-state index contributed by atoms with van der Waals surface area (Å²) >= 11 is 5.79. The van der Waals surface area contributed by atoms with Gasteiger partial charge in [-0.25, -0.2) is 0 Å². The van der Waals surface area contributed by atoms with Crippen LogP contribution in [0, 0.1) is 5.92 Å². The lowest BCUT2D eigenvalue weighted by atomic mass is 10.1. The first-order valence-electron chi connectivity index (χ1n) is 5.19. The Kier molecular flexibility index (Phi) is 4.38. The molecule has 1 amide bonds. The molecule has 0 aliphatic rings.